The predicted molar refractivity (Wildman–Crippen MR) is 113 cm³/mol. The summed E-state index contributed by atoms with van der Waals surface area (Å²) in [4.78, 5) is 26.9. The number of carbonyl (C=O) groups is 2. The van der Waals surface area contributed by atoms with Crippen LogP contribution in [0.25, 0.3) is 6.08 Å². The number of amides is 2. The van der Waals surface area contributed by atoms with Gasteiger partial charge in [-0.2, -0.15) is 0 Å². The second-order valence-electron chi connectivity index (χ2n) is 6.52. The zero-order chi connectivity index (χ0) is 21.3. The number of aromatic hydroxyl groups is 1. The highest BCUT2D eigenvalue weighted by Gasteiger charge is 2.35. The van der Waals surface area contributed by atoms with E-state index in [0.29, 0.717) is 11.3 Å². The van der Waals surface area contributed by atoms with Crippen molar-refractivity contribution in [1.82, 2.24) is 5.32 Å². The summed E-state index contributed by atoms with van der Waals surface area (Å²) >= 11 is 5.24. The van der Waals surface area contributed by atoms with Crippen molar-refractivity contribution in [3.63, 3.8) is 0 Å². The molecule has 1 aliphatic heterocycles. The number of thiocarbonyl (C=S) groups is 1. The lowest BCUT2D eigenvalue weighted by Gasteiger charge is -2.30. The van der Waals surface area contributed by atoms with Crippen LogP contribution in [0.3, 0.4) is 0 Å². The van der Waals surface area contributed by atoms with Gasteiger partial charge in [-0.3, -0.25) is 19.8 Å². The Morgan fingerprint density at radius 1 is 1.07 bits per heavy atom. The highest BCUT2D eigenvalue weighted by molar-refractivity contribution is 7.80. The van der Waals surface area contributed by atoms with Crippen LogP contribution in [0.1, 0.15) is 16.7 Å². The van der Waals surface area contributed by atoms with Gasteiger partial charge in [0.2, 0.25) is 5.75 Å². The largest absolute Gasteiger partial charge is 0.502 e. The van der Waals surface area contributed by atoms with Crippen molar-refractivity contribution in [2.45, 2.75) is 13.8 Å². The number of phenolic OH excluding ortho intramolecular Hbond substituents is 1. The number of hydrogen-bond donors (Lipinski definition) is 2. The van der Waals surface area contributed by atoms with Crippen LogP contribution >= 0.6 is 12.2 Å². The Morgan fingerprint density at radius 2 is 1.69 bits per heavy atom. The van der Waals surface area contributed by atoms with Gasteiger partial charge in [0.25, 0.3) is 11.8 Å². The number of anilines is 1. The summed E-state index contributed by atoms with van der Waals surface area (Å²) < 4.78 is 10.3. The lowest BCUT2D eigenvalue weighted by molar-refractivity contribution is -0.122. The topological polar surface area (TPSA) is 88.1 Å². The number of benzene rings is 2. The van der Waals surface area contributed by atoms with Crippen molar-refractivity contribution in [3.05, 3.63) is 52.6 Å². The minimum atomic E-state index is -0.605. The van der Waals surface area contributed by atoms with E-state index in [1.165, 1.54) is 37.3 Å². The van der Waals surface area contributed by atoms with Crippen molar-refractivity contribution in [2.24, 2.45) is 0 Å². The molecule has 0 spiro atoms. The summed E-state index contributed by atoms with van der Waals surface area (Å²) in [5.41, 5.74) is 2.84. The van der Waals surface area contributed by atoms with Gasteiger partial charge in [0, 0.05) is 0 Å². The third-order valence-electron chi connectivity index (χ3n) is 4.51. The summed E-state index contributed by atoms with van der Waals surface area (Å²) in [5.74, 6) is -1.01. The van der Waals surface area contributed by atoms with Crippen molar-refractivity contribution in [1.29, 1.82) is 0 Å². The third-order valence-corrected chi connectivity index (χ3v) is 4.79. The molecule has 7 nitrogen and oxygen atoms in total. The Kier molecular flexibility index (Phi) is 5.56. The van der Waals surface area contributed by atoms with E-state index in [-0.39, 0.29) is 27.9 Å². The zero-order valence-corrected chi connectivity index (χ0v) is 17.2. The van der Waals surface area contributed by atoms with E-state index in [9.17, 15) is 14.7 Å². The molecule has 1 saturated heterocycles. The first-order valence-electron chi connectivity index (χ1n) is 8.70. The van der Waals surface area contributed by atoms with E-state index >= 15 is 0 Å². The average Bonchev–Trinajstić information content (AvgIpc) is 2.67. The van der Waals surface area contributed by atoms with Crippen LogP contribution in [0.15, 0.2) is 35.9 Å². The van der Waals surface area contributed by atoms with Crippen LogP contribution in [-0.2, 0) is 9.59 Å². The van der Waals surface area contributed by atoms with Crippen LogP contribution in [-0.4, -0.2) is 36.3 Å². The van der Waals surface area contributed by atoms with Gasteiger partial charge >= 0.3 is 0 Å². The van der Waals surface area contributed by atoms with E-state index in [2.05, 4.69) is 5.32 Å². The fraction of sp³-hybridized carbons (Fsp3) is 0.190. The molecule has 2 N–H and O–H groups in total. The smallest absolute Gasteiger partial charge is 0.270 e. The van der Waals surface area contributed by atoms with Crippen molar-refractivity contribution < 1.29 is 24.2 Å². The van der Waals surface area contributed by atoms with Gasteiger partial charge in [0.05, 0.1) is 19.9 Å². The normalized spacial score (nSPS) is 15.5. The average molecular weight is 412 g/mol. The fourth-order valence-corrected chi connectivity index (χ4v) is 3.37. The standard InChI is InChI=1S/C21H20N2O5S/c1-11-5-6-15(12(2)7-11)23-20(26)14(19(25)22-21(23)29)8-13-9-16(27-3)18(24)17(10-13)28-4/h5-10,24H,1-4H3,(H,22,25,29)/b14-8+. The van der Waals surface area contributed by atoms with Crippen molar-refractivity contribution >= 4 is 40.9 Å². The minimum absolute atomic E-state index is 0.0185. The van der Waals surface area contributed by atoms with Gasteiger partial charge in [-0.05, 0) is 61.5 Å². The van der Waals surface area contributed by atoms with Gasteiger partial charge in [-0.15, -0.1) is 0 Å². The molecule has 0 radical (unpaired) electrons. The lowest BCUT2D eigenvalue weighted by Crippen LogP contribution is -2.54. The maximum absolute atomic E-state index is 13.2. The van der Waals surface area contributed by atoms with Gasteiger partial charge in [0.1, 0.15) is 5.57 Å². The van der Waals surface area contributed by atoms with Gasteiger partial charge in [-0.1, -0.05) is 17.7 Å². The van der Waals surface area contributed by atoms with Crippen molar-refractivity contribution in [2.75, 3.05) is 19.1 Å². The molecular weight excluding hydrogens is 392 g/mol. The first-order chi connectivity index (χ1) is 13.8. The number of nitrogens with one attached hydrogen (secondary N) is 1. The van der Waals surface area contributed by atoms with E-state index in [1.807, 2.05) is 26.0 Å². The summed E-state index contributed by atoms with van der Waals surface area (Å²) in [6.45, 7) is 3.82. The number of aryl methyl sites for hydroxylation is 2. The highest BCUT2D eigenvalue weighted by atomic mass is 32.1. The first-order valence-corrected chi connectivity index (χ1v) is 9.11. The fourth-order valence-electron chi connectivity index (χ4n) is 3.10. The third kappa shape index (κ3) is 3.79. The SMILES string of the molecule is COc1cc(/C=C2\C(=O)NC(=S)N(c3ccc(C)cc3C)C2=O)cc(OC)c1O. The molecule has 8 heteroatoms. The van der Waals surface area contributed by atoms with Crippen LogP contribution in [0.4, 0.5) is 5.69 Å². The molecule has 0 aromatic heterocycles. The molecule has 2 aromatic carbocycles. The van der Waals surface area contributed by atoms with E-state index in [1.54, 1.807) is 6.07 Å². The number of rotatable bonds is 4. The van der Waals surface area contributed by atoms with E-state index in [4.69, 9.17) is 21.7 Å². The Hall–Kier alpha value is -3.39. The molecule has 3 rings (SSSR count). The Bertz CT molecular complexity index is 1040. The molecule has 0 saturated carbocycles. The highest BCUT2D eigenvalue weighted by Crippen LogP contribution is 2.38. The monoisotopic (exact) mass is 412 g/mol. The number of carbonyl (C=O) groups excluding carboxylic acids is 2. The number of phenols is 1. The zero-order valence-electron chi connectivity index (χ0n) is 16.4. The molecule has 0 unspecified atom stereocenters. The molecule has 2 aromatic rings. The maximum Gasteiger partial charge on any atom is 0.270 e. The van der Waals surface area contributed by atoms with E-state index in [0.717, 1.165) is 11.1 Å². The number of methoxy groups -OCH3 is 2. The summed E-state index contributed by atoms with van der Waals surface area (Å²) in [6, 6.07) is 8.59. The molecule has 0 atom stereocenters. The molecule has 2 amide bonds. The quantitative estimate of drug-likeness (QED) is 0.456. The molecule has 0 aliphatic carbocycles. The summed E-state index contributed by atoms with van der Waals surface area (Å²) in [5, 5.41) is 12.6. The number of ether oxygens (including phenoxy) is 2. The van der Waals surface area contributed by atoms with Crippen LogP contribution in [0.2, 0.25) is 0 Å². The van der Waals surface area contributed by atoms with Gasteiger partial charge in [0.15, 0.2) is 16.6 Å². The maximum atomic E-state index is 13.2. The van der Waals surface area contributed by atoms with Crippen LogP contribution < -0.4 is 19.7 Å². The Balaban J connectivity index is 2.08. The minimum Gasteiger partial charge on any atom is -0.502 e. The number of hydrogen-bond acceptors (Lipinski definition) is 6. The van der Waals surface area contributed by atoms with Crippen LogP contribution in [0.5, 0.6) is 17.2 Å². The molecule has 1 fully saturated rings. The molecule has 1 aliphatic rings. The molecule has 150 valence electrons. The van der Waals surface area contributed by atoms with Gasteiger partial charge < -0.3 is 14.6 Å². The van der Waals surface area contributed by atoms with Crippen LogP contribution in [0, 0.1) is 13.8 Å². The summed E-state index contributed by atoms with van der Waals surface area (Å²) in [6.07, 6.45) is 1.40. The number of nitrogens with zero attached hydrogens (tertiary/aromatic N) is 1. The van der Waals surface area contributed by atoms with Crippen molar-refractivity contribution in [3.8, 4) is 17.2 Å². The first kappa shape index (κ1) is 20.3. The Labute approximate surface area is 173 Å². The summed E-state index contributed by atoms with van der Waals surface area (Å²) in [7, 11) is 2.79. The Morgan fingerprint density at radius 3 is 2.24 bits per heavy atom. The molecular formula is C21H20N2O5S. The van der Waals surface area contributed by atoms with Gasteiger partial charge in [-0.25, -0.2) is 0 Å². The second kappa shape index (κ2) is 7.92. The molecule has 1 heterocycles. The van der Waals surface area contributed by atoms with E-state index < -0.39 is 11.8 Å². The lowest BCUT2D eigenvalue weighted by atomic mass is 10.0. The molecule has 29 heavy (non-hydrogen) atoms. The molecule has 0 bridgehead atoms. The predicted octanol–water partition coefficient (Wildman–Crippen LogP) is 2.86. The second-order valence-corrected chi connectivity index (χ2v) is 6.91.